The number of hydrogen-bond donors (Lipinski definition) is 0. The van der Waals surface area contributed by atoms with Crippen LogP contribution in [0.15, 0.2) is 67.0 Å². The Kier molecular flexibility index (Phi) is 10.6. The molecule has 3 heterocycles. The van der Waals surface area contributed by atoms with Crippen LogP contribution in [0.2, 0.25) is 0 Å². The number of pyridine rings is 1. The first-order chi connectivity index (χ1) is 23.2. The van der Waals surface area contributed by atoms with Crippen LogP contribution in [0.5, 0.6) is 11.5 Å². The normalized spacial score (nSPS) is 20.2. The molecule has 15 heteroatoms. The van der Waals surface area contributed by atoms with E-state index in [1.807, 2.05) is 24.3 Å². The Morgan fingerprint density at radius 3 is 2.24 bits per heavy atom. The summed E-state index contributed by atoms with van der Waals surface area (Å²) in [7, 11) is 1.57. The first kappa shape index (κ1) is 35.8. The molecule has 2 saturated heterocycles. The minimum Gasteiger partial charge on any atom is -0.489 e. The Labute approximate surface area is 279 Å². The van der Waals surface area contributed by atoms with Crippen LogP contribution in [0.25, 0.3) is 0 Å². The average molecular weight is 695 g/mol. The second-order valence-electron chi connectivity index (χ2n) is 12.1. The van der Waals surface area contributed by atoms with E-state index in [0.717, 1.165) is 47.2 Å². The number of benzene rings is 2. The fourth-order valence-corrected chi connectivity index (χ4v) is 6.30. The van der Waals surface area contributed by atoms with E-state index in [2.05, 4.69) is 9.88 Å². The summed E-state index contributed by atoms with van der Waals surface area (Å²) in [5.74, 6) is -1.36. The van der Waals surface area contributed by atoms with E-state index >= 15 is 0 Å². The van der Waals surface area contributed by atoms with Crippen molar-refractivity contribution in [3.05, 3.63) is 83.7 Å². The molecule has 0 bridgehead atoms. The zero-order valence-electron chi connectivity index (χ0n) is 26.9. The van der Waals surface area contributed by atoms with Gasteiger partial charge < -0.3 is 28.9 Å². The largest absolute Gasteiger partial charge is 0.489 e. The van der Waals surface area contributed by atoms with Crippen molar-refractivity contribution in [1.82, 2.24) is 14.8 Å². The number of likely N-dealkylation sites (tertiary alicyclic amines) is 1. The highest BCUT2D eigenvalue weighted by molar-refractivity contribution is 5.96. The summed E-state index contributed by atoms with van der Waals surface area (Å²) >= 11 is 0. The minimum atomic E-state index is -4.84. The molecule has 2 fully saturated rings. The van der Waals surface area contributed by atoms with Gasteiger partial charge in [-0.05, 0) is 48.4 Å². The standard InChI is InChI=1S/C34H36F6N4O5/c1-23-19-32(49-25-9-7-24(8-10-25)33(35,36)37,22-44(21-23)30(45)26-20-41-12-11-27(26)34(38,39)40)31(46)43-15-13-42(14-16-43)28-5-3-4-6-29(28)48-18-17-47-2/h3-12,20,23H,13-19,21-22H2,1-2H3/t23-,32?/m1/s1. The molecule has 2 aliphatic rings. The Morgan fingerprint density at radius 2 is 1.59 bits per heavy atom. The topological polar surface area (TPSA) is 84.4 Å². The van der Waals surface area contributed by atoms with E-state index in [-0.39, 0.29) is 31.8 Å². The molecule has 9 nitrogen and oxygen atoms in total. The molecular weight excluding hydrogens is 658 g/mol. The predicted octanol–water partition coefficient (Wildman–Crippen LogP) is 5.79. The lowest BCUT2D eigenvalue weighted by Crippen LogP contribution is -2.65. The van der Waals surface area contributed by atoms with Crippen molar-refractivity contribution in [3.8, 4) is 11.5 Å². The number of alkyl halides is 6. The highest BCUT2D eigenvalue weighted by atomic mass is 19.4. The smallest absolute Gasteiger partial charge is 0.417 e. The molecule has 264 valence electrons. The van der Waals surface area contributed by atoms with Gasteiger partial charge in [0.25, 0.3) is 11.8 Å². The lowest BCUT2D eigenvalue weighted by molar-refractivity contribution is -0.155. The van der Waals surface area contributed by atoms with Crippen molar-refractivity contribution in [2.24, 2.45) is 5.92 Å². The Bertz CT molecular complexity index is 1610. The van der Waals surface area contributed by atoms with E-state index in [9.17, 15) is 35.9 Å². The molecule has 0 aliphatic carbocycles. The summed E-state index contributed by atoms with van der Waals surface area (Å²) in [6.07, 6.45) is -7.62. The quantitative estimate of drug-likeness (QED) is 0.207. The Balaban J connectivity index is 1.43. The predicted molar refractivity (Wildman–Crippen MR) is 166 cm³/mol. The number of para-hydroxylation sites is 2. The van der Waals surface area contributed by atoms with Crippen molar-refractivity contribution in [2.45, 2.75) is 31.3 Å². The number of carbonyl (C=O) groups excluding carboxylic acids is 2. The maximum atomic E-state index is 14.5. The fourth-order valence-electron chi connectivity index (χ4n) is 6.30. The van der Waals surface area contributed by atoms with Gasteiger partial charge >= 0.3 is 12.4 Å². The van der Waals surface area contributed by atoms with Gasteiger partial charge in [-0.1, -0.05) is 19.1 Å². The molecule has 3 aromatic rings. The number of piperazine rings is 1. The van der Waals surface area contributed by atoms with E-state index in [0.29, 0.717) is 38.1 Å². The van der Waals surface area contributed by atoms with Gasteiger partial charge in [-0.2, -0.15) is 26.3 Å². The van der Waals surface area contributed by atoms with Crippen LogP contribution in [-0.4, -0.2) is 91.8 Å². The summed E-state index contributed by atoms with van der Waals surface area (Å²) in [5, 5.41) is 0. The van der Waals surface area contributed by atoms with Gasteiger partial charge in [-0.15, -0.1) is 0 Å². The van der Waals surface area contributed by atoms with Crippen molar-refractivity contribution in [1.29, 1.82) is 0 Å². The highest BCUT2D eigenvalue weighted by Crippen LogP contribution is 2.38. The maximum absolute atomic E-state index is 14.5. The number of piperidine rings is 1. The van der Waals surface area contributed by atoms with Crippen LogP contribution in [0.4, 0.5) is 32.0 Å². The molecule has 49 heavy (non-hydrogen) atoms. The molecule has 1 aromatic heterocycles. The lowest BCUT2D eigenvalue weighted by Gasteiger charge is -2.47. The molecule has 0 N–H and O–H groups in total. The van der Waals surface area contributed by atoms with Gasteiger partial charge in [0.05, 0.1) is 35.5 Å². The number of methoxy groups -OCH3 is 1. The van der Waals surface area contributed by atoms with Gasteiger partial charge in [-0.25, -0.2) is 0 Å². The molecular formula is C34H36F6N4O5. The number of anilines is 1. The minimum absolute atomic E-state index is 0.0179. The number of hydrogen-bond acceptors (Lipinski definition) is 7. The monoisotopic (exact) mass is 694 g/mol. The number of rotatable bonds is 9. The second-order valence-corrected chi connectivity index (χ2v) is 12.1. The molecule has 0 saturated carbocycles. The van der Waals surface area contributed by atoms with Crippen LogP contribution in [0, 0.1) is 5.92 Å². The van der Waals surface area contributed by atoms with Gasteiger partial charge in [0, 0.05) is 58.6 Å². The van der Waals surface area contributed by atoms with E-state index in [1.54, 1.807) is 18.9 Å². The van der Waals surface area contributed by atoms with Crippen molar-refractivity contribution in [2.75, 3.05) is 64.5 Å². The van der Waals surface area contributed by atoms with Crippen molar-refractivity contribution < 1.29 is 50.1 Å². The molecule has 1 unspecified atom stereocenters. The lowest BCUT2D eigenvalue weighted by atomic mass is 9.84. The molecule has 2 amide bonds. The molecule has 5 rings (SSSR count). The molecule has 2 atom stereocenters. The van der Waals surface area contributed by atoms with E-state index in [1.165, 1.54) is 0 Å². The number of ether oxygens (including phenoxy) is 3. The third kappa shape index (κ3) is 8.20. The Morgan fingerprint density at radius 1 is 0.898 bits per heavy atom. The number of carbonyl (C=O) groups is 2. The van der Waals surface area contributed by atoms with Crippen LogP contribution in [-0.2, 0) is 21.9 Å². The average Bonchev–Trinajstić information content (AvgIpc) is 3.07. The maximum Gasteiger partial charge on any atom is 0.417 e. The van der Waals surface area contributed by atoms with Gasteiger partial charge in [-0.3, -0.25) is 14.6 Å². The third-order valence-corrected chi connectivity index (χ3v) is 8.50. The van der Waals surface area contributed by atoms with E-state index < -0.39 is 58.9 Å². The molecule has 0 radical (unpaired) electrons. The highest BCUT2D eigenvalue weighted by Gasteiger charge is 2.51. The number of halogens is 6. The summed E-state index contributed by atoms with van der Waals surface area (Å²) in [6.45, 7) is 3.30. The number of amides is 2. The third-order valence-electron chi connectivity index (χ3n) is 8.50. The summed E-state index contributed by atoms with van der Waals surface area (Å²) in [4.78, 5) is 36.7. The fraction of sp³-hybridized carbons (Fsp3) is 0.441. The Hall–Kier alpha value is -4.53. The van der Waals surface area contributed by atoms with E-state index in [4.69, 9.17) is 14.2 Å². The van der Waals surface area contributed by atoms with Crippen LogP contribution in [0.3, 0.4) is 0 Å². The van der Waals surface area contributed by atoms with Crippen molar-refractivity contribution >= 4 is 17.5 Å². The summed E-state index contributed by atoms with van der Waals surface area (Å²) in [6, 6.07) is 12.0. The van der Waals surface area contributed by atoms with Crippen molar-refractivity contribution in [3.63, 3.8) is 0 Å². The van der Waals surface area contributed by atoms with Crippen LogP contribution in [0.1, 0.15) is 34.8 Å². The zero-order chi connectivity index (χ0) is 35.4. The second kappa shape index (κ2) is 14.5. The summed E-state index contributed by atoms with van der Waals surface area (Å²) < 4.78 is 98.7. The number of aromatic nitrogens is 1. The van der Waals surface area contributed by atoms with Gasteiger partial charge in [0.15, 0.2) is 0 Å². The van der Waals surface area contributed by atoms with Gasteiger partial charge in [0.1, 0.15) is 18.1 Å². The molecule has 0 spiro atoms. The SMILES string of the molecule is COCCOc1ccccc1N1CCN(C(=O)C2(Oc3ccc(C(F)(F)F)cc3)C[C@@H](C)CN(C(=O)c3cnccc3C(F)(F)F)C2)CC1. The van der Waals surface area contributed by atoms with Crippen LogP contribution < -0.4 is 14.4 Å². The first-order valence-corrected chi connectivity index (χ1v) is 15.6. The van der Waals surface area contributed by atoms with Gasteiger partial charge in [0.2, 0.25) is 5.60 Å². The number of nitrogens with zero attached hydrogens (tertiary/aromatic N) is 4. The zero-order valence-corrected chi connectivity index (χ0v) is 26.9. The molecule has 2 aliphatic heterocycles. The summed E-state index contributed by atoms with van der Waals surface area (Å²) in [5.41, 5.74) is -3.76. The van der Waals surface area contributed by atoms with Crippen LogP contribution >= 0.6 is 0 Å². The molecule has 2 aromatic carbocycles. The first-order valence-electron chi connectivity index (χ1n) is 15.6.